The summed E-state index contributed by atoms with van der Waals surface area (Å²) in [6.07, 6.45) is 71.2. The molecule has 0 spiro atoms. The Labute approximate surface area is 704 Å². The van der Waals surface area contributed by atoms with Gasteiger partial charge in [-0.15, -0.1) is 0 Å². The van der Waals surface area contributed by atoms with E-state index in [0.717, 1.165) is 11.8 Å². The molecule has 0 heterocycles. The lowest BCUT2D eigenvalue weighted by molar-refractivity contribution is 0.313. The van der Waals surface area contributed by atoms with Gasteiger partial charge in [0.2, 0.25) is 0 Å². The van der Waals surface area contributed by atoms with E-state index in [4.69, 9.17) is 0 Å². The molecule has 3 fully saturated rings. The smallest absolute Gasteiger partial charge is 0.0139 e. The second-order valence-electron chi connectivity index (χ2n) is 42.6. The second-order valence-corrected chi connectivity index (χ2v) is 42.6. The predicted octanol–water partition coefficient (Wildman–Crippen LogP) is 35.1. The average Bonchev–Trinajstić information content (AvgIpc) is 1.66. The quantitative estimate of drug-likeness (QED) is 0.0880. The normalized spacial score (nSPS) is 24.0. The minimum atomic E-state index is 0.264. The zero-order valence-corrected chi connectivity index (χ0v) is 79.7. The van der Waals surface area contributed by atoms with Gasteiger partial charge in [0.05, 0.1) is 0 Å². The van der Waals surface area contributed by atoms with E-state index in [1.165, 1.54) is 207 Å². The van der Waals surface area contributed by atoms with Gasteiger partial charge in [-0.2, -0.15) is 0 Å². The highest BCUT2D eigenvalue weighted by atomic mass is 14.6. The van der Waals surface area contributed by atoms with Crippen LogP contribution in [-0.2, 0) is 37.9 Å². The molecule has 2 atom stereocenters. The van der Waals surface area contributed by atoms with Crippen LogP contribution >= 0.6 is 0 Å². The molecule has 8 aliphatic rings. The third kappa shape index (κ3) is 24.7. The van der Waals surface area contributed by atoms with E-state index >= 15 is 0 Å². The van der Waals surface area contributed by atoms with Gasteiger partial charge in [0.25, 0.3) is 0 Å². The summed E-state index contributed by atoms with van der Waals surface area (Å²) in [5.74, 6) is 1.96. The molecule has 0 amide bonds. The van der Waals surface area contributed by atoms with Crippen LogP contribution in [0.5, 0.6) is 0 Å². The summed E-state index contributed by atoms with van der Waals surface area (Å²) in [5, 5.41) is 0. The molecule has 0 nitrogen and oxygen atoms in total. The van der Waals surface area contributed by atoms with Crippen LogP contribution in [0.25, 0.3) is 11.1 Å². The molecular formula is C114H168. The SMILES string of the molecule is C/C=C(C)/C=C/C1(c2cc3c(cc2C)C(C)(C)CCC3(C)C)CC1.C/C=C(C)/C=C/C1CCCCC1/C=C/C1=C(C)CCCC1(C)C.C/C=C(C)/C=C/C=C(/C)c1ccc2c(c1)C(C)(C)CCC2(C)C.C/C=C(C)/C=C/C=C(\c1ccc2c(c1)C(C)(C)CCC2(C)C)C(C)C.C/C=C(C)/C=C/CC1(C2=C(C)CCCC2(C)C)CC1. The first-order valence-electron chi connectivity index (χ1n) is 45.7. The molecule has 624 valence electrons. The predicted molar refractivity (Wildman–Crippen MR) is 512 cm³/mol. The van der Waals surface area contributed by atoms with Gasteiger partial charge < -0.3 is 0 Å². The van der Waals surface area contributed by atoms with Crippen molar-refractivity contribution in [2.45, 2.75) is 394 Å². The molecule has 0 radical (unpaired) electrons. The lowest BCUT2D eigenvalue weighted by atomic mass is 9.62. The number of benzene rings is 3. The van der Waals surface area contributed by atoms with E-state index in [-0.39, 0.29) is 16.2 Å². The van der Waals surface area contributed by atoms with Crippen molar-refractivity contribution in [2.75, 3.05) is 0 Å². The van der Waals surface area contributed by atoms with Gasteiger partial charge in [0.15, 0.2) is 0 Å². The van der Waals surface area contributed by atoms with Gasteiger partial charge in [-0.1, -0.05) is 346 Å². The Balaban J connectivity index is 0.000000198. The van der Waals surface area contributed by atoms with Crippen molar-refractivity contribution in [3.8, 4) is 0 Å². The van der Waals surface area contributed by atoms with Crippen LogP contribution in [0.4, 0.5) is 0 Å². The van der Waals surface area contributed by atoms with Gasteiger partial charge in [-0.25, -0.2) is 0 Å². The summed E-state index contributed by atoms with van der Waals surface area (Å²) in [5.41, 5.74) is 34.7. The molecule has 3 saturated carbocycles. The molecular weight excluding hydrogens is 1370 g/mol. The first-order chi connectivity index (χ1) is 53.2. The molecule has 3 aromatic carbocycles. The molecule has 0 saturated heterocycles. The fourth-order valence-electron chi connectivity index (χ4n) is 19.8. The van der Waals surface area contributed by atoms with Crippen LogP contribution in [0.1, 0.15) is 405 Å². The van der Waals surface area contributed by atoms with Crippen molar-refractivity contribution < 1.29 is 0 Å². The highest BCUT2D eigenvalue weighted by Crippen LogP contribution is 2.63. The highest BCUT2D eigenvalue weighted by Gasteiger charge is 2.51. The van der Waals surface area contributed by atoms with Gasteiger partial charge >= 0.3 is 0 Å². The molecule has 114 heavy (non-hydrogen) atoms. The monoisotopic (exact) mass is 1540 g/mol. The van der Waals surface area contributed by atoms with Crippen LogP contribution in [0.15, 0.2) is 214 Å². The summed E-state index contributed by atoms with van der Waals surface area (Å²) in [7, 11) is 0. The Bertz CT molecular complexity index is 4280. The van der Waals surface area contributed by atoms with Crippen molar-refractivity contribution in [2.24, 2.45) is 34.0 Å². The zero-order chi connectivity index (χ0) is 84.8. The number of hydrogen-bond donors (Lipinski definition) is 0. The molecule has 8 aliphatic carbocycles. The van der Waals surface area contributed by atoms with Crippen molar-refractivity contribution >= 4 is 11.1 Å². The van der Waals surface area contributed by atoms with Crippen molar-refractivity contribution in [1.82, 2.24) is 0 Å². The average molecular weight is 1540 g/mol. The maximum atomic E-state index is 2.58. The summed E-state index contributed by atoms with van der Waals surface area (Å²) in [6, 6.07) is 19.4. The molecule has 0 N–H and O–H groups in total. The molecule has 0 aliphatic heterocycles. The maximum absolute atomic E-state index is 2.58. The summed E-state index contributed by atoms with van der Waals surface area (Å²) in [4.78, 5) is 0. The number of rotatable bonds is 18. The minimum absolute atomic E-state index is 0.264. The van der Waals surface area contributed by atoms with Crippen LogP contribution in [0.2, 0.25) is 0 Å². The lowest BCUT2D eigenvalue weighted by Crippen LogP contribution is -2.34. The van der Waals surface area contributed by atoms with E-state index < -0.39 is 0 Å². The van der Waals surface area contributed by atoms with Crippen LogP contribution < -0.4 is 0 Å². The van der Waals surface area contributed by atoms with Gasteiger partial charge in [-0.3, -0.25) is 0 Å². The summed E-state index contributed by atoms with van der Waals surface area (Å²) in [6.45, 7) is 73.8. The third-order valence-electron chi connectivity index (χ3n) is 29.2. The van der Waals surface area contributed by atoms with Gasteiger partial charge in [0.1, 0.15) is 0 Å². The van der Waals surface area contributed by atoms with Crippen molar-refractivity contribution in [3.63, 3.8) is 0 Å². The Morgan fingerprint density at radius 3 is 1.26 bits per heavy atom. The van der Waals surface area contributed by atoms with E-state index in [2.05, 4.69) is 386 Å². The standard InChI is InChI=1S/C25H36.C24H34.C23H32.C23H36.C19H30/c1-9-19(4)11-10-12-21(18(2)3)20-13-14-22-23(17-20)25(7,8)16-15-24(22,5)6;1-8-17(2)9-10-24(13-14-24)19-16-21-20(15-18(19)3)22(4,5)11-12-23(21,6)7;1-8-17(2)10-9-11-18(3)19-12-13-20-21(16-19)23(6,7)15-14-22(20,4)5;1-6-18(2)13-14-20-11-7-8-12-21(20)15-16-22-19(3)10-9-17-23(22,4)5;1-6-15(2)9-7-12-19(13-14-19)17-16(3)10-8-11-18(17,4)5/h9-14,17-18H,15-16H2,1-8H3;8-10,15-16H,11-14H2,1-7H3;8-13,16H,14-15H2,1-7H3;6,13-16,20-21H,7-12,17H2,1-5H3;6-7,9H,8,10-14H2,1-5H3/b11-10+,19-9+,21-12-;10-9+,17-8+;10-9+,17-8+,18-11-;14-13+,16-15+,18-6+;9-7+,15-6+. The zero-order valence-electron chi connectivity index (χ0n) is 79.7. The van der Waals surface area contributed by atoms with Crippen LogP contribution in [0.3, 0.4) is 0 Å². The number of hydrogen-bond acceptors (Lipinski definition) is 0. The fraction of sp³-hybridized carbons (Fsp3) is 0.579. The summed E-state index contributed by atoms with van der Waals surface area (Å²) < 4.78 is 0. The van der Waals surface area contributed by atoms with Crippen LogP contribution in [-0.4, -0.2) is 0 Å². The Morgan fingerprint density at radius 1 is 0.386 bits per heavy atom. The van der Waals surface area contributed by atoms with E-state index in [0.29, 0.717) is 43.8 Å². The van der Waals surface area contributed by atoms with E-state index in [9.17, 15) is 0 Å². The highest BCUT2D eigenvalue weighted by molar-refractivity contribution is 5.71. The molecule has 3 aromatic rings. The van der Waals surface area contributed by atoms with E-state index in [1.54, 1.807) is 39.0 Å². The molecule has 0 heteroatoms. The van der Waals surface area contributed by atoms with Crippen LogP contribution in [0, 0.1) is 40.9 Å². The second kappa shape index (κ2) is 39.6. The Hall–Kier alpha value is -6.24. The Morgan fingerprint density at radius 2 is 0.798 bits per heavy atom. The molecule has 0 aromatic heterocycles. The van der Waals surface area contributed by atoms with Gasteiger partial charge in [-0.05, 0) is 358 Å². The first-order valence-corrected chi connectivity index (χ1v) is 45.7. The fourth-order valence-corrected chi connectivity index (χ4v) is 19.8. The Kier molecular flexibility index (Phi) is 32.9. The minimum Gasteiger partial charge on any atom is -0.0847 e. The molecule has 2 unspecified atom stereocenters. The molecule has 0 bridgehead atoms. The largest absolute Gasteiger partial charge is 0.0847 e. The number of allylic oxidation sites excluding steroid dienone is 30. The first kappa shape index (κ1) is 94.9. The number of fused-ring (bicyclic) bond motifs is 3. The van der Waals surface area contributed by atoms with Gasteiger partial charge in [0, 0.05) is 5.41 Å². The number of aryl methyl sites for hydroxylation is 1. The summed E-state index contributed by atoms with van der Waals surface area (Å²) >= 11 is 0. The lowest BCUT2D eigenvalue weighted by Gasteiger charge is -2.42. The third-order valence-corrected chi connectivity index (χ3v) is 29.2. The van der Waals surface area contributed by atoms with Crippen molar-refractivity contribution in [1.29, 1.82) is 0 Å². The maximum Gasteiger partial charge on any atom is 0.0139 e. The molecule has 11 rings (SSSR count). The van der Waals surface area contributed by atoms with Crippen molar-refractivity contribution in [3.05, 3.63) is 270 Å². The topological polar surface area (TPSA) is 0 Å². The van der Waals surface area contributed by atoms with E-state index in [1.807, 2.05) is 5.57 Å².